The van der Waals surface area contributed by atoms with Crippen LogP contribution in [0, 0.1) is 0 Å². The minimum absolute atomic E-state index is 0.0678. The molecule has 56 heavy (non-hydrogen) atoms. The Labute approximate surface area is 312 Å². The first kappa shape index (κ1) is 39.6. The number of hydrogen-bond acceptors (Lipinski definition) is 20. The van der Waals surface area contributed by atoms with Crippen LogP contribution in [0.2, 0.25) is 0 Å². The van der Waals surface area contributed by atoms with Gasteiger partial charge < -0.3 is 79.9 Å². The summed E-state index contributed by atoms with van der Waals surface area (Å²) in [5, 5.41) is 110. The highest BCUT2D eigenvalue weighted by Gasteiger charge is 2.52. The predicted molar refractivity (Wildman–Crippen MR) is 181 cm³/mol. The van der Waals surface area contributed by atoms with Crippen LogP contribution in [-0.4, -0.2) is 117 Å². The molecule has 0 aliphatic carbocycles. The average Bonchev–Trinajstić information content (AvgIpc) is 3.15. The van der Waals surface area contributed by atoms with E-state index in [1.54, 1.807) is 0 Å². The lowest BCUT2D eigenvalue weighted by Gasteiger charge is -2.42. The molecule has 1 fully saturated rings. The number of aliphatic hydroxyl groups excluding tert-OH is 1. The molecular weight excluding hydrogens is 752 g/mol. The minimum atomic E-state index is -2.28. The van der Waals surface area contributed by atoms with Crippen LogP contribution < -0.4 is 0 Å². The first-order valence-electron chi connectivity index (χ1n) is 15.8. The molecule has 11 N–H and O–H groups in total. The number of rotatable bonds is 10. The van der Waals surface area contributed by atoms with Crippen LogP contribution >= 0.6 is 0 Å². The fourth-order valence-corrected chi connectivity index (χ4v) is 5.10. The molecule has 1 heterocycles. The van der Waals surface area contributed by atoms with E-state index in [-0.39, 0.29) is 5.75 Å². The summed E-state index contributed by atoms with van der Waals surface area (Å²) >= 11 is 0. The molecule has 1 aliphatic heterocycles. The van der Waals surface area contributed by atoms with Gasteiger partial charge in [0.1, 0.15) is 18.5 Å². The largest absolute Gasteiger partial charge is 0.508 e. The molecule has 0 bridgehead atoms. The van der Waals surface area contributed by atoms with Crippen LogP contribution in [0.4, 0.5) is 0 Å². The Balaban J connectivity index is 1.52. The summed E-state index contributed by atoms with van der Waals surface area (Å²) in [4.78, 5) is 52.6. The van der Waals surface area contributed by atoms with Crippen LogP contribution in [0.1, 0.15) is 36.6 Å². The van der Waals surface area contributed by atoms with E-state index in [9.17, 15) is 75.3 Å². The van der Waals surface area contributed by atoms with Crippen molar-refractivity contribution >= 4 is 30.0 Å². The third-order valence-electron chi connectivity index (χ3n) is 7.93. The highest BCUT2D eigenvalue weighted by molar-refractivity contribution is 5.93. The van der Waals surface area contributed by atoms with E-state index >= 15 is 0 Å². The van der Waals surface area contributed by atoms with Crippen molar-refractivity contribution in [1.29, 1.82) is 0 Å². The second-order valence-corrected chi connectivity index (χ2v) is 11.8. The maximum atomic E-state index is 13.4. The molecule has 5 atom stereocenters. The van der Waals surface area contributed by atoms with Gasteiger partial charge in [0.05, 0.1) is 16.7 Å². The summed E-state index contributed by atoms with van der Waals surface area (Å²) in [6.45, 7) is -1.02. The Morgan fingerprint density at radius 2 is 0.982 bits per heavy atom. The summed E-state index contributed by atoms with van der Waals surface area (Å²) < 4.78 is 27.0. The molecule has 4 aromatic carbocycles. The summed E-state index contributed by atoms with van der Waals surface area (Å²) in [6, 6.07) is 9.55. The zero-order valence-corrected chi connectivity index (χ0v) is 28.1. The summed E-state index contributed by atoms with van der Waals surface area (Å²) in [5.41, 5.74) is -1.40. The number of ether oxygens (including phenoxy) is 5. The number of aliphatic hydroxyl groups is 1. The number of esters is 4. The summed E-state index contributed by atoms with van der Waals surface area (Å²) in [7, 11) is 0. The van der Waals surface area contributed by atoms with Crippen LogP contribution in [0.25, 0.3) is 6.08 Å². The van der Waals surface area contributed by atoms with Crippen molar-refractivity contribution in [2.24, 2.45) is 0 Å². The van der Waals surface area contributed by atoms with E-state index in [2.05, 4.69) is 0 Å². The molecule has 0 saturated carbocycles. The van der Waals surface area contributed by atoms with Crippen molar-refractivity contribution in [3.63, 3.8) is 0 Å². The van der Waals surface area contributed by atoms with E-state index in [1.807, 2.05) is 0 Å². The molecule has 20 nitrogen and oxygen atoms in total. The van der Waals surface area contributed by atoms with Gasteiger partial charge in [-0.1, -0.05) is 12.1 Å². The molecule has 1 aliphatic rings. The second kappa shape index (κ2) is 16.2. The van der Waals surface area contributed by atoms with E-state index in [0.29, 0.717) is 42.0 Å². The molecule has 1 saturated heterocycles. The van der Waals surface area contributed by atoms with Crippen LogP contribution in [-0.2, 0) is 28.5 Å². The lowest BCUT2D eigenvalue weighted by atomic mass is 9.98. The molecule has 294 valence electrons. The Morgan fingerprint density at radius 3 is 1.43 bits per heavy atom. The van der Waals surface area contributed by atoms with Gasteiger partial charge in [-0.3, -0.25) is 0 Å². The SMILES string of the molecule is O=C(C=Cc1ccc(O)cc1)OC1OC(COC(=O)c2cc(O)c(O)c(O)c2)C(OC(=O)c2cc(O)c(O)c(O)c2)C(OC(=O)c2cc(O)c(O)c(O)c2)C1O. The number of hydrogen-bond donors (Lipinski definition) is 11. The lowest BCUT2D eigenvalue weighted by Crippen LogP contribution is -2.62. The van der Waals surface area contributed by atoms with Crippen LogP contribution in [0.3, 0.4) is 0 Å². The zero-order chi connectivity index (χ0) is 41.0. The number of benzene rings is 4. The van der Waals surface area contributed by atoms with E-state index < -0.39 is 130 Å². The van der Waals surface area contributed by atoms with Gasteiger partial charge in [-0.05, 0) is 60.2 Å². The number of carbonyl (C=O) groups is 4. The van der Waals surface area contributed by atoms with Gasteiger partial charge >= 0.3 is 23.9 Å². The summed E-state index contributed by atoms with van der Waals surface area (Å²) in [5.74, 6) is -14.2. The molecule has 5 unspecified atom stereocenters. The highest BCUT2D eigenvalue weighted by atomic mass is 16.7. The highest BCUT2D eigenvalue weighted by Crippen LogP contribution is 2.39. The molecule has 4 aromatic rings. The number of aromatic hydroxyl groups is 10. The molecular formula is C36H30O20. The van der Waals surface area contributed by atoms with Crippen molar-refractivity contribution in [3.05, 3.63) is 89.0 Å². The predicted octanol–water partition coefficient (Wildman–Crippen LogP) is 1.69. The van der Waals surface area contributed by atoms with Crippen molar-refractivity contribution < 1.29 is 99.0 Å². The Kier molecular flexibility index (Phi) is 11.5. The monoisotopic (exact) mass is 782 g/mol. The molecule has 20 heteroatoms. The Bertz CT molecular complexity index is 2130. The topological polar surface area (TPSA) is 337 Å². The fraction of sp³-hybridized carbons (Fsp3) is 0.167. The fourth-order valence-electron chi connectivity index (χ4n) is 5.10. The van der Waals surface area contributed by atoms with Gasteiger partial charge in [-0.15, -0.1) is 0 Å². The third-order valence-corrected chi connectivity index (χ3v) is 7.93. The van der Waals surface area contributed by atoms with Crippen LogP contribution in [0.5, 0.6) is 57.5 Å². The lowest BCUT2D eigenvalue weighted by molar-refractivity contribution is -0.289. The number of phenols is 10. The van der Waals surface area contributed by atoms with Gasteiger partial charge in [-0.25, -0.2) is 19.2 Å². The van der Waals surface area contributed by atoms with Crippen LogP contribution in [0.15, 0.2) is 66.7 Å². The average molecular weight is 783 g/mol. The molecule has 0 radical (unpaired) electrons. The van der Waals surface area contributed by atoms with Gasteiger partial charge in [0.15, 0.2) is 70.1 Å². The van der Waals surface area contributed by atoms with Gasteiger partial charge in [-0.2, -0.15) is 0 Å². The van der Waals surface area contributed by atoms with Crippen molar-refractivity contribution in [2.75, 3.05) is 6.61 Å². The van der Waals surface area contributed by atoms with Gasteiger partial charge in [0, 0.05) is 6.08 Å². The van der Waals surface area contributed by atoms with E-state index in [4.69, 9.17) is 23.7 Å². The molecule has 0 amide bonds. The van der Waals surface area contributed by atoms with E-state index in [1.165, 1.54) is 30.3 Å². The van der Waals surface area contributed by atoms with Gasteiger partial charge in [0.25, 0.3) is 0 Å². The molecule has 0 spiro atoms. The Hall–Kier alpha value is -7.58. The third kappa shape index (κ3) is 8.78. The zero-order valence-electron chi connectivity index (χ0n) is 28.1. The molecule has 5 rings (SSSR count). The minimum Gasteiger partial charge on any atom is -0.508 e. The molecule has 0 aromatic heterocycles. The van der Waals surface area contributed by atoms with Crippen molar-refractivity contribution in [2.45, 2.75) is 30.7 Å². The van der Waals surface area contributed by atoms with Gasteiger partial charge in [0.2, 0.25) is 6.29 Å². The number of phenolic OH excluding ortho intramolecular Hbond substituents is 10. The first-order chi connectivity index (χ1) is 26.4. The maximum Gasteiger partial charge on any atom is 0.338 e. The smallest absolute Gasteiger partial charge is 0.338 e. The maximum absolute atomic E-state index is 13.4. The van der Waals surface area contributed by atoms with E-state index in [0.717, 1.165) is 6.08 Å². The quantitative estimate of drug-likeness (QED) is 0.0472. The normalized spacial score (nSPS) is 19.2. The number of carbonyl (C=O) groups excluding carboxylic acids is 4. The summed E-state index contributed by atoms with van der Waals surface area (Å²) in [6.07, 6.45) is -8.44. The van der Waals surface area contributed by atoms with Crippen molar-refractivity contribution in [1.82, 2.24) is 0 Å². The first-order valence-corrected chi connectivity index (χ1v) is 15.8. The van der Waals surface area contributed by atoms with Crippen molar-refractivity contribution in [3.8, 4) is 57.5 Å². The second-order valence-electron chi connectivity index (χ2n) is 11.8. The standard InChI is InChI=1S/C36H30O20/c37-18-4-1-14(2-5-18)3-6-26(44)54-36-30(48)32(56-35(51)17-11-23(42)29(47)24(43)12-17)31(55-34(50)16-9-21(40)28(46)22(41)10-16)25(53-36)13-52-33(49)15-7-19(38)27(45)20(39)8-15/h1-12,25,30-32,36-43,45-48H,13H2. The Morgan fingerprint density at radius 1 is 0.571 bits per heavy atom.